The number of urea groups is 1. The average molecular weight is 454 g/mol. The first-order valence-electron chi connectivity index (χ1n) is 11.2. The summed E-state index contributed by atoms with van der Waals surface area (Å²) >= 11 is 0. The molecule has 2 aromatic rings. The van der Waals surface area contributed by atoms with Gasteiger partial charge in [-0.05, 0) is 24.6 Å². The summed E-state index contributed by atoms with van der Waals surface area (Å²) in [4.78, 5) is 36.3. The molecule has 3 amide bonds. The van der Waals surface area contributed by atoms with Crippen molar-refractivity contribution in [2.45, 2.75) is 19.5 Å². The highest BCUT2D eigenvalue weighted by Gasteiger charge is 2.53. The third-order valence-corrected chi connectivity index (χ3v) is 6.57. The van der Waals surface area contributed by atoms with Gasteiger partial charge in [-0.15, -0.1) is 0 Å². The van der Waals surface area contributed by atoms with Crippen molar-refractivity contribution in [3.63, 3.8) is 0 Å². The van der Waals surface area contributed by atoms with Crippen LogP contribution in [0.2, 0.25) is 0 Å². The van der Waals surface area contributed by atoms with Crippen molar-refractivity contribution in [1.82, 2.24) is 19.3 Å². The predicted molar refractivity (Wildman–Crippen MR) is 120 cm³/mol. The lowest BCUT2D eigenvalue weighted by Gasteiger charge is -2.35. The number of fused-ring (bicyclic) bond motifs is 3. The largest absolute Gasteiger partial charge is 0.497 e. The lowest BCUT2D eigenvalue weighted by molar-refractivity contribution is -0.677. The third-order valence-electron chi connectivity index (χ3n) is 6.57. The van der Waals surface area contributed by atoms with Gasteiger partial charge in [-0.2, -0.15) is 0 Å². The van der Waals surface area contributed by atoms with Gasteiger partial charge in [0.05, 0.1) is 26.9 Å². The zero-order chi connectivity index (χ0) is 23.1. The molecule has 3 aliphatic heterocycles. The van der Waals surface area contributed by atoms with Gasteiger partial charge in [-0.3, -0.25) is 19.5 Å². The molecule has 1 atom stereocenters. The smallest absolute Gasteiger partial charge is 0.402 e. The second kappa shape index (κ2) is 8.60. The van der Waals surface area contributed by atoms with Crippen LogP contribution in [-0.4, -0.2) is 90.6 Å². The molecule has 0 saturated carbocycles. The molecule has 2 fully saturated rings. The molecule has 1 aromatic heterocycles. The van der Waals surface area contributed by atoms with E-state index in [1.165, 1.54) is 9.80 Å². The van der Waals surface area contributed by atoms with Gasteiger partial charge in [-0.25, -0.2) is 13.9 Å². The minimum absolute atomic E-state index is 0.226. The van der Waals surface area contributed by atoms with E-state index < -0.39 is 6.04 Å². The number of hydrogen-bond donors (Lipinski definition) is 0. The fourth-order valence-electron chi connectivity index (χ4n) is 4.61. The van der Waals surface area contributed by atoms with Crippen molar-refractivity contribution < 1.29 is 23.6 Å². The molecule has 5 rings (SSSR count). The van der Waals surface area contributed by atoms with Crippen molar-refractivity contribution in [3.05, 3.63) is 41.7 Å². The topological polar surface area (TPSA) is 83.5 Å². The van der Waals surface area contributed by atoms with E-state index in [1.807, 2.05) is 42.0 Å². The highest BCUT2D eigenvalue weighted by Crippen LogP contribution is 2.29. The molecule has 1 unspecified atom stereocenters. The molecule has 4 heterocycles. The molecule has 33 heavy (non-hydrogen) atoms. The van der Waals surface area contributed by atoms with Crippen LogP contribution in [0.5, 0.6) is 5.75 Å². The van der Waals surface area contributed by atoms with Crippen LogP contribution in [0, 0.1) is 6.92 Å². The summed E-state index contributed by atoms with van der Waals surface area (Å²) < 4.78 is 14.6. The van der Waals surface area contributed by atoms with Crippen LogP contribution >= 0.6 is 0 Å². The van der Waals surface area contributed by atoms with Crippen molar-refractivity contribution in [3.8, 4) is 5.75 Å². The van der Waals surface area contributed by atoms with Gasteiger partial charge in [0.2, 0.25) is 11.9 Å². The van der Waals surface area contributed by atoms with E-state index in [9.17, 15) is 9.59 Å². The normalized spacial score (nSPS) is 20.7. The number of likely N-dealkylation sites (N-methyl/N-ethyl adjacent to an activating group) is 1. The molecular weight excluding hydrogens is 424 g/mol. The maximum atomic E-state index is 13.5. The quantitative estimate of drug-likeness (QED) is 0.609. The number of hydrogen-bond acceptors (Lipinski definition) is 6. The highest BCUT2D eigenvalue weighted by molar-refractivity contribution is 6.19. The number of amides is 3. The molecule has 0 bridgehead atoms. The summed E-state index contributed by atoms with van der Waals surface area (Å²) in [5.41, 5.74) is 2.09. The number of carbonyl (C=O) groups is 2. The molecule has 2 saturated heterocycles. The van der Waals surface area contributed by atoms with E-state index >= 15 is 0 Å². The summed E-state index contributed by atoms with van der Waals surface area (Å²) in [7, 11) is 3.33. The molecular formula is C23H29N6O4+. The number of aryl methyl sites for hydroxylation is 1. The fraction of sp³-hybridized carbons (Fsp3) is 0.478. The number of amidine groups is 1. The number of aliphatic imine (C=N–C) groups is 1. The van der Waals surface area contributed by atoms with Crippen LogP contribution in [0.15, 0.2) is 35.5 Å². The Kier molecular flexibility index (Phi) is 5.63. The number of imidazole rings is 1. The summed E-state index contributed by atoms with van der Waals surface area (Å²) in [5.74, 6) is 1.73. The predicted octanol–water partition coefficient (Wildman–Crippen LogP) is 0.952. The van der Waals surface area contributed by atoms with Crippen LogP contribution in [0.3, 0.4) is 0 Å². The first-order chi connectivity index (χ1) is 16.0. The van der Waals surface area contributed by atoms with Gasteiger partial charge >= 0.3 is 12.0 Å². The van der Waals surface area contributed by atoms with E-state index in [-0.39, 0.29) is 11.9 Å². The van der Waals surface area contributed by atoms with Crippen LogP contribution in [-0.2, 0) is 16.1 Å². The number of aromatic nitrogens is 2. The van der Waals surface area contributed by atoms with E-state index in [0.717, 1.165) is 30.1 Å². The van der Waals surface area contributed by atoms with Crippen LogP contribution < -0.4 is 9.30 Å². The zero-order valence-corrected chi connectivity index (χ0v) is 19.2. The van der Waals surface area contributed by atoms with E-state index in [4.69, 9.17) is 14.5 Å². The molecule has 10 heteroatoms. The maximum Gasteiger partial charge on any atom is 0.402 e. The van der Waals surface area contributed by atoms with Crippen LogP contribution in [0.1, 0.15) is 17.3 Å². The van der Waals surface area contributed by atoms with Gasteiger partial charge in [0.1, 0.15) is 17.6 Å². The van der Waals surface area contributed by atoms with E-state index in [2.05, 4.69) is 9.47 Å². The number of carbonyl (C=O) groups excluding carboxylic acids is 2. The first kappa shape index (κ1) is 21.6. The number of methoxy groups -OCH3 is 1. The molecule has 1 aromatic carbocycles. The van der Waals surface area contributed by atoms with Gasteiger partial charge in [-0.1, -0.05) is 17.1 Å². The molecule has 3 aliphatic rings. The summed E-state index contributed by atoms with van der Waals surface area (Å²) in [6.07, 6.45) is 1.95. The first-order valence-corrected chi connectivity index (χ1v) is 11.2. The Balaban J connectivity index is 1.39. The lowest BCUT2D eigenvalue weighted by Crippen LogP contribution is -2.63. The standard InChI is InChI=1S/C23H29N6O4/c1-16-14-29-19-20(24-22(29)28(16)15-17-4-6-18(32-3)7-5-17)25(2)23(31)27(21(19)30)9-8-26-10-12-33-13-11-26/h4-7,14,19H,8-13,15H2,1-3H3/q+1. The Hall–Kier alpha value is -3.24. The zero-order valence-electron chi connectivity index (χ0n) is 19.2. The maximum absolute atomic E-state index is 13.5. The number of benzene rings is 1. The van der Waals surface area contributed by atoms with E-state index in [1.54, 1.807) is 14.2 Å². The Morgan fingerprint density at radius 1 is 1.15 bits per heavy atom. The van der Waals surface area contributed by atoms with Crippen molar-refractivity contribution >= 4 is 23.7 Å². The molecule has 174 valence electrons. The molecule has 0 radical (unpaired) electrons. The van der Waals surface area contributed by atoms with Crippen LogP contribution in [0.25, 0.3) is 0 Å². The van der Waals surface area contributed by atoms with Crippen molar-refractivity contribution in [1.29, 1.82) is 0 Å². The molecule has 10 nitrogen and oxygen atoms in total. The number of ether oxygens (including phenoxy) is 2. The number of imide groups is 1. The Labute approximate surface area is 192 Å². The van der Waals surface area contributed by atoms with Gasteiger partial charge < -0.3 is 9.47 Å². The Morgan fingerprint density at radius 3 is 2.58 bits per heavy atom. The summed E-state index contributed by atoms with van der Waals surface area (Å²) in [6.45, 7) is 6.60. The van der Waals surface area contributed by atoms with Crippen molar-refractivity contribution in [2.24, 2.45) is 4.99 Å². The van der Waals surface area contributed by atoms with Gasteiger partial charge in [0.15, 0.2) is 0 Å². The Bertz CT molecular complexity index is 1100. The summed E-state index contributed by atoms with van der Waals surface area (Å²) in [5, 5.41) is 0. The van der Waals surface area contributed by atoms with Gasteiger partial charge in [0, 0.05) is 33.2 Å². The minimum atomic E-state index is -0.622. The second-order valence-corrected chi connectivity index (χ2v) is 8.57. The minimum Gasteiger partial charge on any atom is -0.497 e. The van der Waals surface area contributed by atoms with E-state index in [0.29, 0.717) is 44.6 Å². The second-order valence-electron chi connectivity index (χ2n) is 8.57. The molecule has 0 aliphatic carbocycles. The number of morpholine rings is 1. The fourth-order valence-corrected chi connectivity index (χ4v) is 4.61. The lowest BCUT2D eigenvalue weighted by atomic mass is 10.1. The third kappa shape index (κ3) is 3.79. The number of rotatable bonds is 6. The molecule has 0 spiro atoms. The highest BCUT2D eigenvalue weighted by atomic mass is 16.5. The Morgan fingerprint density at radius 2 is 1.88 bits per heavy atom. The SMILES string of the molecule is COc1ccc(Cn2c(C)c[n+]3c2N=C2C3C(=O)N(CCN3CCOCC3)C(=O)N2C)cc1. The van der Waals surface area contributed by atoms with Crippen molar-refractivity contribution in [2.75, 3.05) is 53.6 Å². The monoisotopic (exact) mass is 453 g/mol. The number of nitrogens with zero attached hydrogens (tertiary/aromatic N) is 6. The average Bonchev–Trinajstić information content (AvgIpc) is 3.34. The van der Waals surface area contributed by atoms with Gasteiger partial charge in [0.25, 0.3) is 5.91 Å². The molecule has 0 N–H and O–H groups in total. The summed E-state index contributed by atoms with van der Waals surface area (Å²) in [6, 6.07) is 6.93. The van der Waals surface area contributed by atoms with Crippen LogP contribution in [0.4, 0.5) is 10.7 Å².